The first-order valence-electron chi connectivity index (χ1n) is 9.94. The summed E-state index contributed by atoms with van der Waals surface area (Å²) in [6.45, 7) is 0.762. The van der Waals surface area contributed by atoms with Gasteiger partial charge in [0.2, 0.25) is 11.8 Å². The molecular weight excluding hydrogens is 368 g/mol. The Balaban J connectivity index is 1.81. The molecular formula is C23H26N2O4. The van der Waals surface area contributed by atoms with Crippen LogP contribution in [0.1, 0.15) is 42.9 Å². The molecule has 0 bridgehead atoms. The van der Waals surface area contributed by atoms with E-state index in [1.165, 1.54) is 0 Å². The Morgan fingerprint density at radius 3 is 2.34 bits per heavy atom. The molecule has 3 rings (SSSR count). The van der Waals surface area contributed by atoms with Crippen LogP contribution in [0.3, 0.4) is 0 Å². The molecule has 1 aliphatic heterocycles. The Hall–Kier alpha value is -3.15. The average Bonchev–Trinajstić information content (AvgIpc) is 2.73. The Bertz CT molecular complexity index is 838. The van der Waals surface area contributed by atoms with Crippen LogP contribution in [-0.2, 0) is 20.9 Å². The molecule has 1 saturated heterocycles. The van der Waals surface area contributed by atoms with Gasteiger partial charge < -0.3 is 15.3 Å². The highest BCUT2D eigenvalue weighted by molar-refractivity contribution is 5.85. The zero-order chi connectivity index (χ0) is 20.6. The van der Waals surface area contributed by atoms with Crippen LogP contribution in [-0.4, -0.2) is 34.3 Å². The number of carboxylic acids is 1. The molecule has 2 amide bonds. The minimum absolute atomic E-state index is 0.0195. The lowest BCUT2D eigenvalue weighted by Gasteiger charge is -2.41. The van der Waals surface area contributed by atoms with E-state index in [0.29, 0.717) is 32.4 Å². The van der Waals surface area contributed by atoms with E-state index in [0.717, 1.165) is 11.1 Å². The van der Waals surface area contributed by atoms with Crippen LogP contribution in [0.2, 0.25) is 0 Å². The number of nitrogens with zero attached hydrogens (tertiary/aromatic N) is 1. The molecule has 2 aromatic rings. The number of carbonyl (C=O) groups is 3. The maximum atomic E-state index is 12.9. The summed E-state index contributed by atoms with van der Waals surface area (Å²) in [5, 5.41) is 11.6. The third-order valence-corrected chi connectivity index (χ3v) is 5.25. The Morgan fingerprint density at radius 2 is 1.69 bits per heavy atom. The van der Waals surface area contributed by atoms with E-state index in [-0.39, 0.29) is 30.2 Å². The fourth-order valence-electron chi connectivity index (χ4n) is 3.84. The molecule has 0 aromatic heterocycles. The monoisotopic (exact) mass is 394 g/mol. The SMILES string of the molecule is O=C(O)CCCNC(=O)C1CCC(=O)N(Cc2ccccc2)C1c1ccccc1. The summed E-state index contributed by atoms with van der Waals surface area (Å²) >= 11 is 0. The van der Waals surface area contributed by atoms with Crippen molar-refractivity contribution in [1.29, 1.82) is 0 Å². The summed E-state index contributed by atoms with van der Waals surface area (Å²) in [4.78, 5) is 38.2. The first-order valence-corrected chi connectivity index (χ1v) is 9.94. The first-order chi connectivity index (χ1) is 14.1. The summed E-state index contributed by atoms with van der Waals surface area (Å²) < 4.78 is 0. The third-order valence-electron chi connectivity index (χ3n) is 5.25. The predicted molar refractivity (Wildman–Crippen MR) is 109 cm³/mol. The maximum Gasteiger partial charge on any atom is 0.303 e. The minimum atomic E-state index is -0.876. The van der Waals surface area contributed by atoms with Crippen molar-refractivity contribution in [3.8, 4) is 0 Å². The van der Waals surface area contributed by atoms with Crippen molar-refractivity contribution in [3.63, 3.8) is 0 Å². The fourth-order valence-corrected chi connectivity index (χ4v) is 3.84. The van der Waals surface area contributed by atoms with E-state index in [2.05, 4.69) is 5.32 Å². The number of hydrogen-bond acceptors (Lipinski definition) is 3. The quantitative estimate of drug-likeness (QED) is 0.674. The number of carbonyl (C=O) groups excluding carboxylic acids is 2. The average molecular weight is 394 g/mol. The predicted octanol–water partition coefficient (Wildman–Crippen LogP) is 3.15. The van der Waals surface area contributed by atoms with Gasteiger partial charge in [-0.1, -0.05) is 60.7 Å². The highest BCUT2D eigenvalue weighted by Gasteiger charge is 2.40. The number of aliphatic carboxylic acids is 1. The molecule has 6 heteroatoms. The maximum absolute atomic E-state index is 12.9. The van der Waals surface area contributed by atoms with Gasteiger partial charge in [0, 0.05) is 25.9 Å². The van der Waals surface area contributed by atoms with E-state index in [4.69, 9.17) is 5.11 Å². The van der Waals surface area contributed by atoms with Gasteiger partial charge in [0.05, 0.1) is 12.0 Å². The van der Waals surface area contributed by atoms with E-state index in [1.54, 1.807) is 4.90 Å². The number of benzene rings is 2. The molecule has 1 aliphatic rings. The number of rotatable bonds is 8. The molecule has 6 nitrogen and oxygen atoms in total. The number of carboxylic acid groups (broad SMARTS) is 1. The summed E-state index contributed by atoms with van der Waals surface area (Å²) in [6.07, 6.45) is 1.21. The Labute approximate surface area is 170 Å². The van der Waals surface area contributed by atoms with E-state index >= 15 is 0 Å². The van der Waals surface area contributed by atoms with Gasteiger partial charge in [-0.15, -0.1) is 0 Å². The first kappa shape index (κ1) is 20.6. The van der Waals surface area contributed by atoms with Gasteiger partial charge >= 0.3 is 5.97 Å². The van der Waals surface area contributed by atoms with Crippen molar-refractivity contribution in [1.82, 2.24) is 10.2 Å². The number of likely N-dealkylation sites (tertiary alicyclic amines) is 1. The van der Waals surface area contributed by atoms with Gasteiger partial charge in [0.1, 0.15) is 0 Å². The van der Waals surface area contributed by atoms with Gasteiger partial charge in [-0.05, 0) is 24.0 Å². The number of amides is 2. The fraction of sp³-hybridized carbons (Fsp3) is 0.348. The van der Waals surface area contributed by atoms with Crippen molar-refractivity contribution >= 4 is 17.8 Å². The zero-order valence-corrected chi connectivity index (χ0v) is 16.3. The van der Waals surface area contributed by atoms with Crippen LogP contribution < -0.4 is 5.32 Å². The molecule has 2 aromatic carbocycles. The smallest absolute Gasteiger partial charge is 0.303 e. The van der Waals surface area contributed by atoms with E-state index in [1.807, 2.05) is 60.7 Å². The number of hydrogen-bond donors (Lipinski definition) is 2. The largest absolute Gasteiger partial charge is 0.481 e. The van der Waals surface area contributed by atoms with Crippen molar-refractivity contribution in [3.05, 3.63) is 71.8 Å². The Kier molecular flexibility index (Phi) is 7.00. The third kappa shape index (κ3) is 5.44. The molecule has 2 unspecified atom stereocenters. The van der Waals surface area contributed by atoms with Gasteiger partial charge in [-0.25, -0.2) is 0 Å². The summed E-state index contributed by atoms with van der Waals surface area (Å²) in [6, 6.07) is 19.1. The highest BCUT2D eigenvalue weighted by atomic mass is 16.4. The van der Waals surface area contributed by atoms with E-state index in [9.17, 15) is 14.4 Å². The van der Waals surface area contributed by atoms with Crippen LogP contribution in [0.15, 0.2) is 60.7 Å². The molecule has 0 saturated carbocycles. The number of nitrogens with one attached hydrogen (secondary N) is 1. The second kappa shape index (κ2) is 9.87. The van der Waals surface area contributed by atoms with Gasteiger partial charge in [0.15, 0.2) is 0 Å². The molecule has 2 atom stereocenters. The van der Waals surface area contributed by atoms with Crippen molar-refractivity contribution in [2.45, 2.75) is 38.3 Å². The lowest BCUT2D eigenvalue weighted by molar-refractivity contribution is -0.144. The van der Waals surface area contributed by atoms with Crippen molar-refractivity contribution in [2.24, 2.45) is 5.92 Å². The van der Waals surface area contributed by atoms with Crippen LogP contribution in [0.25, 0.3) is 0 Å². The summed E-state index contributed by atoms with van der Waals surface area (Å²) in [5.74, 6) is -1.34. The topological polar surface area (TPSA) is 86.7 Å². The molecule has 29 heavy (non-hydrogen) atoms. The van der Waals surface area contributed by atoms with Crippen molar-refractivity contribution < 1.29 is 19.5 Å². The van der Waals surface area contributed by atoms with Crippen LogP contribution >= 0.6 is 0 Å². The molecule has 0 spiro atoms. The Morgan fingerprint density at radius 1 is 1.03 bits per heavy atom. The molecule has 0 radical (unpaired) electrons. The minimum Gasteiger partial charge on any atom is -0.481 e. The standard InChI is InChI=1S/C23H26N2O4/c26-20-14-13-19(23(29)24-15-7-12-21(27)28)22(18-10-5-2-6-11-18)25(20)16-17-8-3-1-4-9-17/h1-6,8-11,19,22H,7,12-16H2,(H,24,29)(H,27,28). The second-order valence-corrected chi connectivity index (χ2v) is 7.30. The normalized spacial score (nSPS) is 19.0. The lowest BCUT2D eigenvalue weighted by atomic mass is 9.83. The zero-order valence-electron chi connectivity index (χ0n) is 16.3. The molecule has 2 N–H and O–H groups in total. The number of piperidine rings is 1. The molecule has 0 aliphatic carbocycles. The summed E-state index contributed by atoms with van der Waals surface area (Å²) in [7, 11) is 0. The molecule has 1 heterocycles. The molecule has 152 valence electrons. The van der Waals surface area contributed by atoms with Gasteiger partial charge in [-0.2, -0.15) is 0 Å². The second-order valence-electron chi connectivity index (χ2n) is 7.30. The van der Waals surface area contributed by atoms with Crippen molar-refractivity contribution in [2.75, 3.05) is 6.54 Å². The van der Waals surface area contributed by atoms with Gasteiger partial charge in [0.25, 0.3) is 0 Å². The van der Waals surface area contributed by atoms with E-state index < -0.39 is 5.97 Å². The highest BCUT2D eigenvalue weighted by Crippen LogP contribution is 2.37. The summed E-state index contributed by atoms with van der Waals surface area (Å²) in [5.41, 5.74) is 1.95. The van der Waals surface area contributed by atoms with Gasteiger partial charge in [-0.3, -0.25) is 14.4 Å². The van der Waals surface area contributed by atoms with Crippen LogP contribution in [0, 0.1) is 5.92 Å². The van der Waals surface area contributed by atoms with Crippen LogP contribution in [0.4, 0.5) is 0 Å². The molecule has 1 fully saturated rings. The lowest BCUT2D eigenvalue weighted by Crippen LogP contribution is -2.47. The van der Waals surface area contributed by atoms with Crippen LogP contribution in [0.5, 0.6) is 0 Å².